The van der Waals surface area contributed by atoms with Gasteiger partial charge < -0.3 is 10.6 Å². The van der Waals surface area contributed by atoms with Crippen LogP contribution in [0.2, 0.25) is 5.02 Å². The van der Waals surface area contributed by atoms with Crippen molar-refractivity contribution >= 4 is 17.3 Å². The molecule has 0 saturated heterocycles. The van der Waals surface area contributed by atoms with Crippen LogP contribution in [0.25, 0.3) is 0 Å². The topological polar surface area (TPSA) is 24.1 Å². The molecule has 90 valence electrons. The quantitative estimate of drug-likeness (QED) is 0.745. The Morgan fingerprint density at radius 2 is 2.00 bits per heavy atom. The lowest BCUT2D eigenvalue weighted by Gasteiger charge is -2.11. The molecule has 0 unspecified atom stereocenters. The molecular formula is C13H21ClN2. The third-order valence-electron chi connectivity index (χ3n) is 2.42. The van der Waals surface area contributed by atoms with Gasteiger partial charge in [0.2, 0.25) is 0 Å². The predicted octanol–water partition coefficient (Wildman–Crippen LogP) is 3.45. The zero-order valence-corrected chi connectivity index (χ0v) is 11.1. The van der Waals surface area contributed by atoms with Crippen LogP contribution in [-0.4, -0.2) is 19.1 Å². The number of benzene rings is 1. The molecule has 16 heavy (non-hydrogen) atoms. The molecule has 2 N–H and O–H groups in total. The second-order valence-electron chi connectivity index (χ2n) is 4.35. The van der Waals surface area contributed by atoms with Crippen molar-refractivity contribution in [1.29, 1.82) is 0 Å². The SMILES string of the molecule is Cc1ccc(Cl)cc1NCCCNC(C)C. The van der Waals surface area contributed by atoms with Crippen molar-refractivity contribution in [2.45, 2.75) is 33.2 Å². The average molecular weight is 241 g/mol. The number of rotatable bonds is 6. The maximum absolute atomic E-state index is 5.95. The van der Waals surface area contributed by atoms with Crippen LogP contribution in [0.15, 0.2) is 18.2 Å². The van der Waals surface area contributed by atoms with E-state index in [9.17, 15) is 0 Å². The van der Waals surface area contributed by atoms with Gasteiger partial charge in [-0.05, 0) is 37.6 Å². The van der Waals surface area contributed by atoms with Crippen LogP contribution in [0, 0.1) is 6.92 Å². The molecule has 0 atom stereocenters. The minimum absolute atomic E-state index is 0.563. The van der Waals surface area contributed by atoms with Crippen molar-refractivity contribution < 1.29 is 0 Å². The number of hydrogen-bond donors (Lipinski definition) is 2. The molecule has 2 nitrogen and oxygen atoms in total. The molecule has 1 aromatic carbocycles. The Labute approximate surface area is 103 Å². The summed E-state index contributed by atoms with van der Waals surface area (Å²) in [5, 5.41) is 7.58. The van der Waals surface area contributed by atoms with Gasteiger partial charge in [-0.25, -0.2) is 0 Å². The number of nitrogens with one attached hydrogen (secondary N) is 2. The molecule has 0 aromatic heterocycles. The van der Waals surface area contributed by atoms with E-state index in [-0.39, 0.29) is 0 Å². The molecule has 0 bridgehead atoms. The number of anilines is 1. The molecule has 0 aliphatic heterocycles. The molecule has 3 heteroatoms. The fraction of sp³-hybridized carbons (Fsp3) is 0.538. The standard InChI is InChI=1S/C13H21ClN2/c1-10(2)15-7-4-8-16-13-9-12(14)6-5-11(13)3/h5-6,9-10,15-16H,4,7-8H2,1-3H3. The Morgan fingerprint density at radius 3 is 2.69 bits per heavy atom. The van der Waals surface area contributed by atoms with E-state index in [0.29, 0.717) is 6.04 Å². The van der Waals surface area contributed by atoms with Crippen LogP contribution in [0.1, 0.15) is 25.8 Å². The van der Waals surface area contributed by atoms with E-state index in [2.05, 4.69) is 31.4 Å². The molecule has 0 fully saturated rings. The van der Waals surface area contributed by atoms with E-state index in [4.69, 9.17) is 11.6 Å². The van der Waals surface area contributed by atoms with Gasteiger partial charge in [0, 0.05) is 23.3 Å². The Balaban J connectivity index is 2.29. The zero-order chi connectivity index (χ0) is 12.0. The van der Waals surface area contributed by atoms with Crippen molar-refractivity contribution in [1.82, 2.24) is 5.32 Å². The fourth-order valence-electron chi connectivity index (χ4n) is 1.49. The highest BCUT2D eigenvalue weighted by Gasteiger charge is 1.98. The Bertz CT molecular complexity index is 324. The largest absolute Gasteiger partial charge is 0.385 e. The maximum Gasteiger partial charge on any atom is 0.0426 e. The smallest absolute Gasteiger partial charge is 0.0426 e. The van der Waals surface area contributed by atoms with E-state index in [1.54, 1.807) is 0 Å². The van der Waals surface area contributed by atoms with Crippen LogP contribution in [0.4, 0.5) is 5.69 Å². The van der Waals surface area contributed by atoms with Gasteiger partial charge >= 0.3 is 0 Å². The van der Waals surface area contributed by atoms with Crippen molar-refractivity contribution in [2.75, 3.05) is 18.4 Å². The summed E-state index contributed by atoms with van der Waals surface area (Å²) in [4.78, 5) is 0. The van der Waals surface area contributed by atoms with Gasteiger partial charge in [-0.2, -0.15) is 0 Å². The van der Waals surface area contributed by atoms with Gasteiger partial charge in [-0.3, -0.25) is 0 Å². The van der Waals surface area contributed by atoms with Crippen LogP contribution in [0.5, 0.6) is 0 Å². The Hall–Kier alpha value is -0.730. The first-order valence-electron chi connectivity index (χ1n) is 5.83. The van der Waals surface area contributed by atoms with Crippen molar-refractivity contribution in [2.24, 2.45) is 0 Å². The summed E-state index contributed by atoms with van der Waals surface area (Å²) in [6.07, 6.45) is 1.12. The molecule has 0 amide bonds. The van der Waals surface area contributed by atoms with Crippen molar-refractivity contribution in [3.05, 3.63) is 28.8 Å². The lowest BCUT2D eigenvalue weighted by atomic mass is 10.2. The van der Waals surface area contributed by atoms with Gasteiger partial charge in [-0.15, -0.1) is 0 Å². The monoisotopic (exact) mass is 240 g/mol. The maximum atomic E-state index is 5.95. The number of halogens is 1. The molecule has 1 rings (SSSR count). The Kier molecular flexibility index (Phi) is 5.64. The van der Waals surface area contributed by atoms with E-state index >= 15 is 0 Å². The fourth-order valence-corrected chi connectivity index (χ4v) is 1.66. The molecule has 0 aliphatic rings. The van der Waals surface area contributed by atoms with Gasteiger partial charge in [-0.1, -0.05) is 31.5 Å². The number of hydrogen-bond acceptors (Lipinski definition) is 2. The zero-order valence-electron chi connectivity index (χ0n) is 10.3. The van der Waals surface area contributed by atoms with E-state index < -0.39 is 0 Å². The molecule has 0 saturated carbocycles. The molecule has 0 aliphatic carbocycles. The summed E-state index contributed by atoms with van der Waals surface area (Å²) in [6.45, 7) is 8.43. The molecule has 1 aromatic rings. The lowest BCUT2D eigenvalue weighted by Crippen LogP contribution is -2.25. The number of aryl methyl sites for hydroxylation is 1. The highest BCUT2D eigenvalue weighted by Crippen LogP contribution is 2.19. The first-order valence-corrected chi connectivity index (χ1v) is 6.21. The Morgan fingerprint density at radius 1 is 1.25 bits per heavy atom. The summed E-state index contributed by atoms with van der Waals surface area (Å²) in [6, 6.07) is 6.50. The van der Waals surface area contributed by atoms with Crippen LogP contribution < -0.4 is 10.6 Å². The molecular weight excluding hydrogens is 220 g/mol. The average Bonchev–Trinajstić information content (AvgIpc) is 2.22. The van der Waals surface area contributed by atoms with Crippen LogP contribution in [-0.2, 0) is 0 Å². The first-order chi connectivity index (χ1) is 7.59. The van der Waals surface area contributed by atoms with Gasteiger partial charge in [0.05, 0.1) is 0 Å². The lowest BCUT2D eigenvalue weighted by molar-refractivity contribution is 0.578. The van der Waals surface area contributed by atoms with Crippen LogP contribution >= 0.6 is 11.6 Å². The summed E-state index contributed by atoms with van der Waals surface area (Å²) >= 11 is 5.95. The molecule has 0 heterocycles. The first kappa shape index (κ1) is 13.3. The second kappa shape index (κ2) is 6.77. The second-order valence-corrected chi connectivity index (χ2v) is 4.78. The summed E-state index contributed by atoms with van der Waals surface area (Å²) in [7, 11) is 0. The van der Waals surface area contributed by atoms with E-state index in [0.717, 1.165) is 30.2 Å². The highest BCUT2D eigenvalue weighted by atomic mass is 35.5. The minimum atomic E-state index is 0.563. The van der Waals surface area contributed by atoms with Crippen molar-refractivity contribution in [3.63, 3.8) is 0 Å². The normalized spacial score (nSPS) is 10.8. The van der Waals surface area contributed by atoms with Gasteiger partial charge in [0.25, 0.3) is 0 Å². The van der Waals surface area contributed by atoms with E-state index in [1.807, 2.05) is 18.2 Å². The predicted molar refractivity (Wildman–Crippen MR) is 72.4 cm³/mol. The minimum Gasteiger partial charge on any atom is -0.385 e. The summed E-state index contributed by atoms with van der Waals surface area (Å²) in [5.74, 6) is 0. The van der Waals surface area contributed by atoms with Gasteiger partial charge in [0.1, 0.15) is 0 Å². The summed E-state index contributed by atoms with van der Waals surface area (Å²) in [5.41, 5.74) is 2.37. The van der Waals surface area contributed by atoms with Gasteiger partial charge in [0.15, 0.2) is 0 Å². The van der Waals surface area contributed by atoms with Crippen molar-refractivity contribution in [3.8, 4) is 0 Å². The van der Waals surface area contributed by atoms with Crippen LogP contribution in [0.3, 0.4) is 0 Å². The third-order valence-corrected chi connectivity index (χ3v) is 2.66. The van der Waals surface area contributed by atoms with E-state index in [1.165, 1.54) is 5.56 Å². The highest BCUT2D eigenvalue weighted by molar-refractivity contribution is 6.30. The third kappa shape index (κ3) is 4.86. The summed E-state index contributed by atoms with van der Waals surface area (Å²) < 4.78 is 0. The molecule has 0 radical (unpaired) electrons. The molecule has 0 spiro atoms.